The summed E-state index contributed by atoms with van der Waals surface area (Å²) in [6, 6.07) is 12.7. The first-order valence-corrected chi connectivity index (χ1v) is 10.1. The number of hydrogen-bond acceptors (Lipinski definition) is 5. The highest BCUT2D eigenvalue weighted by Gasteiger charge is 2.18. The number of aromatic nitrogens is 1. The largest absolute Gasteiger partial charge is 0.326 e. The molecule has 28 heavy (non-hydrogen) atoms. The predicted octanol–water partition coefficient (Wildman–Crippen LogP) is 4.37. The van der Waals surface area contributed by atoms with Gasteiger partial charge in [-0.3, -0.25) is 9.59 Å². The van der Waals surface area contributed by atoms with Gasteiger partial charge in [-0.1, -0.05) is 25.1 Å². The fourth-order valence-corrected chi connectivity index (χ4v) is 3.37. The Balaban J connectivity index is 2.03. The van der Waals surface area contributed by atoms with Crippen molar-refractivity contribution in [1.29, 1.82) is 5.26 Å². The maximum atomic E-state index is 12.5. The van der Waals surface area contributed by atoms with Gasteiger partial charge in [0.2, 0.25) is 11.8 Å². The number of aryl methyl sites for hydroxylation is 1. The highest BCUT2D eigenvalue weighted by molar-refractivity contribution is 8.00. The third-order valence-electron chi connectivity index (χ3n) is 3.96. The van der Waals surface area contributed by atoms with Crippen molar-refractivity contribution >= 4 is 35.0 Å². The number of nitrogens with one attached hydrogen (secondary N) is 2. The van der Waals surface area contributed by atoms with E-state index in [-0.39, 0.29) is 11.8 Å². The second-order valence-electron chi connectivity index (χ2n) is 6.38. The van der Waals surface area contributed by atoms with E-state index in [1.54, 1.807) is 37.3 Å². The minimum atomic E-state index is -0.420. The van der Waals surface area contributed by atoms with Crippen LogP contribution in [-0.2, 0) is 16.0 Å². The molecule has 6 nitrogen and oxygen atoms in total. The number of rotatable bonds is 8. The van der Waals surface area contributed by atoms with Crippen LogP contribution in [0.4, 0.5) is 11.4 Å². The Morgan fingerprint density at radius 2 is 1.79 bits per heavy atom. The van der Waals surface area contributed by atoms with E-state index in [4.69, 9.17) is 0 Å². The second-order valence-corrected chi connectivity index (χ2v) is 7.71. The normalized spacial score (nSPS) is 11.4. The third kappa shape index (κ3) is 6.39. The molecule has 2 N–H and O–H groups in total. The molecule has 0 spiro atoms. The topological polar surface area (TPSA) is 94.9 Å². The zero-order chi connectivity index (χ0) is 20.5. The monoisotopic (exact) mass is 396 g/mol. The van der Waals surface area contributed by atoms with Crippen LogP contribution in [0.5, 0.6) is 0 Å². The van der Waals surface area contributed by atoms with Gasteiger partial charge in [-0.15, -0.1) is 0 Å². The van der Waals surface area contributed by atoms with Gasteiger partial charge in [0.1, 0.15) is 11.1 Å². The van der Waals surface area contributed by atoms with E-state index in [0.29, 0.717) is 22.0 Å². The Morgan fingerprint density at radius 3 is 2.36 bits per heavy atom. The van der Waals surface area contributed by atoms with Gasteiger partial charge in [0.15, 0.2) is 0 Å². The number of nitrogens with zero attached hydrogens (tertiary/aromatic N) is 2. The molecule has 2 aromatic rings. The van der Waals surface area contributed by atoms with Crippen molar-refractivity contribution in [3.8, 4) is 6.07 Å². The van der Waals surface area contributed by atoms with Crippen molar-refractivity contribution in [3.63, 3.8) is 0 Å². The summed E-state index contributed by atoms with van der Waals surface area (Å²) in [5.74, 6) is -0.328. The lowest BCUT2D eigenvalue weighted by atomic mass is 10.2. The van der Waals surface area contributed by atoms with Gasteiger partial charge in [-0.25, -0.2) is 4.98 Å². The summed E-state index contributed by atoms with van der Waals surface area (Å²) in [6.45, 7) is 5.34. The van der Waals surface area contributed by atoms with Crippen LogP contribution in [0.1, 0.15) is 44.9 Å². The summed E-state index contributed by atoms with van der Waals surface area (Å²) in [4.78, 5) is 28.2. The molecule has 0 saturated carbocycles. The molecule has 7 heteroatoms. The lowest BCUT2D eigenvalue weighted by Gasteiger charge is -2.13. The van der Waals surface area contributed by atoms with Gasteiger partial charge in [0.05, 0.1) is 10.8 Å². The van der Waals surface area contributed by atoms with Crippen LogP contribution < -0.4 is 10.6 Å². The maximum absolute atomic E-state index is 12.5. The number of hydrogen-bond donors (Lipinski definition) is 2. The van der Waals surface area contributed by atoms with Crippen LogP contribution in [0, 0.1) is 11.3 Å². The summed E-state index contributed by atoms with van der Waals surface area (Å²) >= 11 is 1.28. The Hall–Kier alpha value is -2.85. The maximum Gasteiger partial charge on any atom is 0.237 e. The molecular formula is C21H24N4O2S. The number of benzene rings is 1. The number of anilines is 2. The van der Waals surface area contributed by atoms with E-state index in [1.165, 1.54) is 18.7 Å². The predicted molar refractivity (Wildman–Crippen MR) is 112 cm³/mol. The van der Waals surface area contributed by atoms with Crippen molar-refractivity contribution in [3.05, 3.63) is 47.7 Å². The molecule has 1 atom stereocenters. The van der Waals surface area contributed by atoms with Crippen molar-refractivity contribution in [2.75, 3.05) is 10.6 Å². The van der Waals surface area contributed by atoms with Crippen molar-refractivity contribution in [2.24, 2.45) is 0 Å². The van der Waals surface area contributed by atoms with Crippen molar-refractivity contribution in [2.45, 2.75) is 50.3 Å². The van der Waals surface area contributed by atoms with E-state index in [0.717, 1.165) is 25.0 Å². The number of amides is 2. The average Bonchev–Trinajstić information content (AvgIpc) is 2.67. The standard InChI is InChI=1S/C21H24N4O2S/c1-4-5-6-17-8-7-16(13-22)21(25-17)28-14(2)20(27)24-19-11-9-18(10-12-19)23-15(3)26/h7-12,14H,4-6H2,1-3H3,(H,23,26)(H,24,27). The summed E-state index contributed by atoms with van der Waals surface area (Å²) in [7, 11) is 0. The van der Waals surface area contributed by atoms with Crippen LogP contribution in [-0.4, -0.2) is 22.0 Å². The molecule has 146 valence electrons. The number of carbonyl (C=O) groups is 2. The Bertz CT molecular complexity index is 875. The van der Waals surface area contributed by atoms with Crippen LogP contribution in [0.25, 0.3) is 0 Å². The molecule has 1 heterocycles. The number of nitriles is 1. The molecule has 0 bridgehead atoms. The van der Waals surface area contributed by atoms with Crippen molar-refractivity contribution < 1.29 is 9.59 Å². The van der Waals surface area contributed by atoms with Crippen molar-refractivity contribution in [1.82, 2.24) is 4.98 Å². The number of unbranched alkanes of at least 4 members (excludes halogenated alkanes) is 1. The fraction of sp³-hybridized carbons (Fsp3) is 0.333. The van der Waals surface area contributed by atoms with E-state index >= 15 is 0 Å². The third-order valence-corrected chi connectivity index (χ3v) is 5.06. The lowest BCUT2D eigenvalue weighted by molar-refractivity contribution is -0.115. The molecule has 2 amide bonds. The molecular weight excluding hydrogens is 372 g/mol. The average molecular weight is 397 g/mol. The molecule has 1 aromatic carbocycles. The molecule has 0 aliphatic heterocycles. The minimum absolute atomic E-state index is 0.149. The molecule has 2 rings (SSSR count). The van der Waals surface area contributed by atoms with E-state index in [2.05, 4.69) is 28.6 Å². The molecule has 0 aliphatic rings. The van der Waals surface area contributed by atoms with E-state index < -0.39 is 5.25 Å². The van der Waals surface area contributed by atoms with E-state index in [9.17, 15) is 14.9 Å². The minimum Gasteiger partial charge on any atom is -0.326 e. The number of pyridine rings is 1. The second kappa shape index (κ2) is 10.5. The van der Waals surface area contributed by atoms with E-state index in [1.807, 2.05) is 6.07 Å². The zero-order valence-electron chi connectivity index (χ0n) is 16.3. The van der Waals surface area contributed by atoms with Gasteiger partial charge in [-0.05, 0) is 56.2 Å². The molecule has 0 fully saturated rings. The summed E-state index contributed by atoms with van der Waals surface area (Å²) in [5, 5.41) is 15.0. The Kier molecular flexibility index (Phi) is 8.02. The zero-order valence-corrected chi connectivity index (χ0v) is 17.1. The molecule has 0 saturated heterocycles. The quantitative estimate of drug-likeness (QED) is 0.646. The molecule has 1 unspecified atom stereocenters. The van der Waals surface area contributed by atoms with Gasteiger partial charge < -0.3 is 10.6 Å². The number of carbonyl (C=O) groups excluding carboxylic acids is 2. The first-order valence-electron chi connectivity index (χ1n) is 9.18. The fourth-order valence-electron chi connectivity index (χ4n) is 2.46. The summed E-state index contributed by atoms with van der Waals surface area (Å²) in [5.41, 5.74) is 2.71. The van der Waals surface area contributed by atoms with Crippen LogP contribution in [0.15, 0.2) is 41.4 Å². The lowest BCUT2D eigenvalue weighted by Crippen LogP contribution is -2.22. The highest BCUT2D eigenvalue weighted by Crippen LogP contribution is 2.26. The molecule has 0 radical (unpaired) electrons. The van der Waals surface area contributed by atoms with Gasteiger partial charge in [0.25, 0.3) is 0 Å². The Morgan fingerprint density at radius 1 is 1.14 bits per heavy atom. The Labute approximate surface area is 169 Å². The number of thioether (sulfide) groups is 1. The SMILES string of the molecule is CCCCc1ccc(C#N)c(SC(C)C(=O)Nc2ccc(NC(C)=O)cc2)n1. The first kappa shape index (κ1) is 21.5. The molecule has 1 aromatic heterocycles. The van der Waals surface area contributed by atoms with Gasteiger partial charge in [0, 0.05) is 24.0 Å². The van der Waals surface area contributed by atoms with Gasteiger partial charge in [-0.2, -0.15) is 5.26 Å². The summed E-state index contributed by atoms with van der Waals surface area (Å²) in [6.07, 6.45) is 2.97. The highest BCUT2D eigenvalue weighted by atomic mass is 32.2. The first-order chi connectivity index (χ1) is 13.4. The van der Waals surface area contributed by atoms with Gasteiger partial charge >= 0.3 is 0 Å². The molecule has 0 aliphatic carbocycles. The van der Waals surface area contributed by atoms with Crippen LogP contribution >= 0.6 is 11.8 Å². The van der Waals surface area contributed by atoms with Crippen LogP contribution in [0.2, 0.25) is 0 Å². The smallest absolute Gasteiger partial charge is 0.237 e. The van der Waals surface area contributed by atoms with Crippen LogP contribution in [0.3, 0.4) is 0 Å². The summed E-state index contributed by atoms with van der Waals surface area (Å²) < 4.78 is 0.